The first-order valence-electron chi connectivity index (χ1n) is 41.1. The Morgan fingerprint density at radius 1 is 0.371 bits per heavy atom. The standard InChI is InChI=1S/C27H35N5O3S.C23H26N4O4S.C22H24N4O4S.C12H10ClN3O3.C11H17NOS/c1-17-9-10-18(13-22(17)32-15-21(30-31-32)25(34)28-16-26(2,3)4)24(33)29-20-14-19(27(5,6)7)11-12-23(20)36(8)35;1-14-7-8-15(11-19(14)27-13-18(25-26-27)22(29)31-5)21(28)24-17-12-16(23(2,3)4)9-10-20(17)32(6)30;1-13-6-7-14(10-18(13)26-12-17(21(28)29)24-25-26)20(27)23-16-11-15(22(2,3)4)8-9-19(16)31(5)30;1-7-3-4-8(11(13)17)5-10(7)16-6-9(14-15-16)12(18)19-2;1-11(2,3)8-5-6-10(14(4)13)9(12)7-8/h9-15H,16H2,1-8H3,(H,28,34)(H,29,33);7-13H,1-6H3,(H,24,28);6-12H,1-5H3,(H,23,27)(H,28,29);3-6H,1-2H3;5-7H,12H2,1-4H3. The molecule has 0 bridgehead atoms. The highest BCUT2D eigenvalue weighted by Gasteiger charge is 2.27. The van der Waals surface area contributed by atoms with E-state index in [1.165, 1.54) is 57.1 Å². The Morgan fingerprint density at radius 2 is 0.636 bits per heavy atom. The Labute approximate surface area is 782 Å². The van der Waals surface area contributed by atoms with Crippen LogP contribution in [0.5, 0.6) is 0 Å². The van der Waals surface area contributed by atoms with Crippen LogP contribution >= 0.6 is 11.6 Å². The highest BCUT2D eigenvalue weighted by molar-refractivity contribution is 7.85. The fourth-order valence-electron chi connectivity index (χ4n) is 12.4. The van der Waals surface area contributed by atoms with Gasteiger partial charge in [-0.05, 0) is 208 Å². The maximum absolute atomic E-state index is 13.2. The molecule has 8 aromatic carbocycles. The first-order chi connectivity index (χ1) is 61.5. The van der Waals surface area contributed by atoms with Crippen LogP contribution in [0.3, 0.4) is 0 Å². The molecular weight excluding hydrogens is 1780 g/mol. The summed E-state index contributed by atoms with van der Waals surface area (Å²) in [6, 6.07) is 42.9. The molecule has 4 amide bonds. The lowest BCUT2D eigenvalue weighted by molar-refractivity contribution is 0.0585. The fourth-order valence-corrected chi connectivity index (χ4v) is 15.2. The summed E-state index contributed by atoms with van der Waals surface area (Å²) in [7, 11) is -2.29. The molecule has 7 N–H and O–H groups in total. The molecule has 4 atom stereocenters. The van der Waals surface area contributed by atoms with Gasteiger partial charge in [0, 0.05) is 59.5 Å². The van der Waals surface area contributed by atoms with E-state index in [1.54, 1.807) is 116 Å². The molecule has 0 aliphatic rings. The van der Waals surface area contributed by atoms with Crippen LogP contribution in [0.25, 0.3) is 22.7 Å². The van der Waals surface area contributed by atoms with Crippen LogP contribution < -0.4 is 27.0 Å². The number of ether oxygens (including phenoxy) is 2. The van der Waals surface area contributed by atoms with E-state index in [4.69, 9.17) is 22.4 Å². The number of aromatic carboxylic acids is 1. The first-order valence-corrected chi connectivity index (χ1v) is 47.7. The van der Waals surface area contributed by atoms with Gasteiger partial charge in [-0.3, -0.25) is 40.8 Å². The number of nitrogens with one attached hydrogen (secondary N) is 4. The Morgan fingerprint density at radius 3 is 0.902 bits per heavy atom. The maximum Gasteiger partial charge on any atom is 0.360 e. The zero-order valence-electron chi connectivity index (χ0n) is 78.5. The SMILES string of the molecule is COC(=O)c1cn(-c2cc(C(=O)Cl)ccc2C)nn1.COC(=O)c1cn(-c2cc(C(=O)Nc3cc(C(C)(C)C)ccc3S(C)=O)ccc2C)nn1.CS(=O)c1ccc(C(C)(C)C)cc1N.Cc1ccc(C(=O)Nc2cc(C(C)(C)C)ccc2S(C)=O)cc1-n1cc(C(=O)NCC(C)(C)C)nn1.Cc1ccc(C(=O)Nc2cc(C(C)(C)C)ccc2S(C)=O)cc1-n1cc(C(=O)O)nn1. The number of aryl methyl sites for hydroxylation is 4. The number of amides is 4. The zero-order valence-corrected chi connectivity index (χ0v) is 82.5. The van der Waals surface area contributed by atoms with Gasteiger partial charge < -0.3 is 41.6 Å². The summed E-state index contributed by atoms with van der Waals surface area (Å²) in [6.45, 7) is 39.1. The minimum Gasteiger partial charge on any atom is -0.476 e. The number of carboxylic acid groups (broad SMARTS) is 1. The normalized spacial score (nSPS) is 12.3. The lowest BCUT2D eigenvalue weighted by Gasteiger charge is -2.21. The third-order valence-electron chi connectivity index (χ3n) is 20.2. The average Bonchev–Trinajstić information content (AvgIpc) is 1.16. The second-order valence-corrected chi connectivity index (χ2v) is 41.8. The number of hydrogen-bond acceptors (Lipinski definition) is 23. The summed E-state index contributed by atoms with van der Waals surface area (Å²) in [5, 5.41) is 51.0. The molecule has 0 aliphatic carbocycles. The Balaban J connectivity index is 0.000000210. The molecule has 37 heteroatoms. The van der Waals surface area contributed by atoms with Crippen molar-refractivity contribution in [3.8, 4) is 22.7 Å². The third-order valence-corrected chi connectivity index (χ3v) is 24.4. The van der Waals surface area contributed by atoms with Crippen LogP contribution in [0.15, 0.2) is 190 Å². The summed E-state index contributed by atoms with van der Waals surface area (Å²) in [5.74, 6) is -3.72. The molecule has 0 saturated heterocycles. The number of nitrogen functional groups attached to an aromatic ring is 1. The molecule has 4 aromatic heterocycles. The molecule has 0 fully saturated rings. The number of carboxylic acids is 1. The van der Waals surface area contributed by atoms with E-state index < -0.39 is 66.3 Å². The van der Waals surface area contributed by atoms with Crippen molar-refractivity contribution >= 4 is 124 Å². The average molecular weight is 1900 g/mol. The second kappa shape index (κ2) is 43.8. The van der Waals surface area contributed by atoms with Gasteiger partial charge in [-0.1, -0.05) is 173 Å². The van der Waals surface area contributed by atoms with Crippen molar-refractivity contribution in [2.24, 2.45) is 5.41 Å². The van der Waals surface area contributed by atoms with E-state index in [2.05, 4.69) is 155 Å². The van der Waals surface area contributed by atoms with Crippen LogP contribution in [0.2, 0.25) is 0 Å². The minimum absolute atomic E-state index is 0.0550. The highest BCUT2D eigenvalue weighted by Crippen LogP contribution is 2.35. The Hall–Kier alpha value is -13.0. The van der Waals surface area contributed by atoms with Gasteiger partial charge in [0.25, 0.3) is 28.9 Å². The molecule has 0 aliphatic heterocycles. The third kappa shape index (κ3) is 28.0. The van der Waals surface area contributed by atoms with Gasteiger partial charge in [0.05, 0.1) is 142 Å². The summed E-state index contributed by atoms with van der Waals surface area (Å²) in [5.41, 5.74) is 19.2. The molecule has 4 heterocycles. The summed E-state index contributed by atoms with van der Waals surface area (Å²) in [4.78, 5) is 99.4. The number of carbonyl (C=O) groups excluding carboxylic acids is 7. The van der Waals surface area contributed by atoms with E-state index in [1.807, 2.05) is 109 Å². The lowest BCUT2D eigenvalue weighted by atomic mass is 9.87. The maximum atomic E-state index is 13.2. The largest absolute Gasteiger partial charge is 0.476 e. The molecule has 0 spiro atoms. The number of rotatable bonds is 20. The molecule has 12 rings (SSSR count). The van der Waals surface area contributed by atoms with Gasteiger partial charge in [-0.2, -0.15) is 0 Å². The molecule has 12 aromatic rings. The van der Waals surface area contributed by atoms with Gasteiger partial charge in [-0.15, -0.1) is 20.4 Å². The number of anilines is 4. The highest BCUT2D eigenvalue weighted by atomic mass is 35.5. The fraction of sp³-hybridized carbons (Fsp3) is 0.326. The van der Waals surface area contributed by atoms with E-state index in [0.717, 1.165) is 43.8 Å². The van der Waals surface area contributed by atoms with Gasteiger partial charge >= 0.3 is 17.9 Å². The van der Waals surface area contributed by atoms with E-state index in [9.17, 15) is 55.2 Å². The molecular formula is C95H112ClN17O15S4. The zero-order chi connectivity index (χ0) is 98.3. The monoisotopic (exact) mass is 1890 g/mol. The molecule has 32 nitrogen and oxygen atoms in total. The number of benzene rings is 8. The number of esters is 2. The van der Waals surface area contributed by atoms with Crippen molar-refractivity contribution in [3.63, 3.8) is 0 Å². The smallest absolute Gasteiger partial charge is 0.360 e. The van der Waals surface area contributed by atoms with Crippen LogP contribution in [-0.2, 0) is 74.3 Å². The number of carbonyl (C=O) groups is 8. The van der Waals surface area contributed by atoms with Gasteiger partial charge in [-0.25, -0.2) is 33.1 Å². The number of aromatic nitrogens is 12. The van der Waals surface area contributed by atoms with Crippen LogP contribution in [0, 0.1) is 33.1 Å². The number of nitrogens with zero attached hydrogens (tertiary/aromatic N) is 12. The summed E-state index contributed by atoms with van der Waals surface area (Å²) >= 11 is 5.43. The van der Waals surface area contributed by atoms with Crippen molar-refractivity contribution in [3.05, 3.63) is 260 Å². The molecule has 0 radical (unpaired) electrons. The number of methoxy groups -OCH3 is 2. The lowest BCUT2D eigenvalue weighted by Crippen LogP contribution is -2.32. The predicted octanol–water partition coefficient (Wildman–Crippen LogP) is 15.9. The van der Waals surface area contributed by atoms with E-state index in [0.29, 0.717) is 89.0 Å². The van der Waals surface area contributed by atoms with Crippen molar-refractivity contribution in [2.75, 3.05) is 67.5 Å². The number of nitrogens with two attached hydrogens (primary N) is 1. The van der Waals surface area contributed by atoms with Crippen molar-refractivity contribution in [2.45, 2.75) is 173 Å². The minimum atomic E-state index is -1.28. The van der Waals surface area contributed by atoms with E-state index in [-0.39, 0.29) is 73.5 Å². The van der Waals surface area contributed by atoms with Gasteiger partial charge in [0.1, 0.15) is 0 Å². The summed E-state index contributed by atoms with van der Waals surface area (Å²) in [6.07, 6.45) is 12.1. The van der Waals surface area contributed by atoms with E-state index >= 15 is 0 Å². The molecule has 132 heavy (non-hydrogen) atoms. The van der Waals surface area contributed by atoms with Crippen molar-refractivity contribution in [1.29, 1.82) is 0 Å². The Bertz CT molecular complexity index is 6460. The number of hydrogen-bond donors (Lipinski definition) is 6. The second-order valence-electron chi connectivity index (χ2n) is 36.1. The molecule has 4 unspecified atom stereocenters. The summed E-state index contributed by atoms with van der Waals surface area (Å²) < 4.78 is 62.8. The van der Waals surface area contributed by atoms with Crippen molar-refractivity contribution in [1.82, 2.24) is 65.3 Å². The Kier molecular flexibility index (Phi) is 34.6. The first kappa shape index (κ1) is 104. The molecule has 0 saturated carbocycles. The number of halogens is 1. The van der Waals surface area contributed by atoms with Crippen LogP contribution in [0.4, 0.5) is 22.7 Å². The quantitative estimate of drug-likeness (QED) is 0.0234. The molecule has 698 valence electrons. The van der Waals surface area contributed by atoms with Crippen molar-refractivity contribution < 1.29 is 69.8 Å². The topological polar surface area (TPSA) is 441 Å². The van der Waals surface area contributed by atoms with Gasteiger partial charge in [0.2, 0.25) is 0 Å². The van der Waals surface area contributed by atoms with Crippen LogP contribution in [-0.4, -0.2) is 174 Å². The van der Waals surface area contributed by atoms with Crippen LogP contribution in [0.1, 0.15) is 232 Å². The van der Waals surface area contributed by atoms with Gasteiger partial charge in [0.15, 0.2) is 22.8 Å². The predicted molar refractivity (Wildman–Crippen MR) is 514 cm³/mol.